The molecular formula is C31H31NO9. The van der Waals surface area contributed by atoms with Crippen LogP contribution in [0.15, 0.2) is 78.9 Å². The summed E-state index contributed by atoms with van der Waals surface area (Å²) in [6, 6.07) is 23.0. The Kier molecular flexibility index (Phi) is 9.16. The largest absolute Gasteiger partial charge is 0.480 e. The van der Waals surface area contributed by atoms with Gasteiger partial charge in [-0.25, -0.2) is 9.59 Å². The second kappa shape index (κ2) is 12.8. The lowest BCUT2D eigenvalue weighted by atomic mass is 9.90. The Bertz CT molecular complexity index is 1440. The smallest absolute Gasteiger partial charge is 0.377 e. The highest BCUT2D eigenvalue weighted by molar-refractivity contribution is 6.01. The number of nitrogens with zero attached hydrogens (tertiary/aromatic N) is 1. The average molecular weight is 562 g/mol. The Morgan fingerprint density at radius 2 is 1.61 bits per heavy atom. The fourth-order valence-electron chi connectivity index (χ4n) is 4.91. The minimum Gasteiger partial charge on any atom is -0.480 e. The van der Waals surface area contributed by atoms with Gasteiger partial charge in [-0.1, -0.05) is 78.9 Å². The molecule has 3 aromatic rings. The van der Waals surface area contributed by atoms with Crippen LogP contribution in [-0.4, -0.2) is 75.1 Å². The van der Waals surface area contributed by atoms with Gasteiger partial charge in [0.2, 0.25) is 0 Å². The van der Waals surface area contributed by atoms with E-state index in [-0.39, 0.29) is 5.92 Å². The fourth-order valence-corrected chi connectivity index (χ4v) is 4.91. The zero-order valence-electron chi connectivity index (χ0n) is 22.4. The second-order valence-corrected chi connectivity index (χ2v) is 9.90. The molecule has 0 saturated carbocycles. The monoisotopic (exact) mass is 561 g/mol. The SMILES string of the molecule is CC(C(/C=C/c1ccc2ccccc2c1)CCc1ccccc1)N(CC(=O)O)C(=O)C1COC(C(=O)O)(C(=O)O)O1. The molecule has 0 aromatic heterocycles. The van der Waals surface area contributed by atoms with E-state index in [9.17, 15) is 34.5 Å². The summed E-state index contributed by atoms with van der Waals surface area (Å²) in [6.07, 6.45) is 3.47. The number of aryl methyl sites for hydroxylation is 1. The molecule has 1 fully saturated rings. The lowest BCUT2D eigenvalue weighted by molar-refractivity contribution is -0.218. The molecule has 4 rings (SSSR count). The van der Waals surface area contributed by atoms with Crippen molar-refractivity contribution in [3.05, 3.63) is 90.0 Å². The fraction of sp³-hybridized carbons (Fsp3) is 0.290. The molecule has 3 atom stereocenters. The first kappa shape index (κ1) is 29.4. The second-order valence-electron chi connectivity index (χ2n) is 9.90. The van der Waals surface area contributed by atoms with Crippen molar-refractivity contribution >= 4 is 40.7 Å². The lowest BCUT2D eigenvalue weighted by Crippen LogP contribution is -2.52. The van der Waals surface area contributed by atoms with E-state index in [4.69, 9.17) is 9.47 Å². The molecule has 10 nitrogen and oxygen atoms in total. The molecule has 10 heteroatoms. The van der Waals surface area contributed by atoms with Crippen molar-refractivity contribution in [2.45, 2.75) is 37.7 Å². The predicted molar refractivity (Wildman–Crippen MR) is 149 cm³/mol. The van der Waals surface area contributed by atoms with Crippen LogP contribution >= 0.6 is 0 Å². The predicted octanol–water partition coefficient (Wildman–Crippen LogP) is 3.68. The molecule has 41 heavy (non-hydrogen) atoms. The maximum Gasteiger partial charge on any atom is 0.377 e. The molecule has 1 aliphatic rings. The normalized spacial score (nSPS) is 17.7. The first-order valence-corrected chi connectivity index (χ1v) is 13.1. The van der Waals surface area contributed by atoms with E-state index in [0.29, 0.717) is 12.8 Å². The van der Waals surface area contributed by atoms with E-state index >= 15 is 0 Å². The van der Waals surface area contributed by atoms with Gasteiger partial charge in [-0.2, -0.15) is 0 Å². The van der Waals surface area contributed by atoms with Crippen LogP contribution in [0.5, 0.6) is 0 Å². The van der Waals surface area contributed by atoms with Gasteiger partial charge in [-0.3, -0.25) is 9.59 Å². The van der Waals surface area contributed by atoms with E-state index < -0.39 is 54.9 Å². The van der Waals surface area contributed by atoms with Gasteiger partial charge >= 0.3 is 23.7 Å². The van der Waals surface area contributed by atoms with Crippen molar-refractivity contribution < 1.29 is 44.0 Å². The van der Waals surface area contributed by atoms with Crippen LogP contribution in [-0.2, 0) is 35.1 Å². The molecule has 0 bridgehead atoms. The molecule has 1 saturated heterocycles. The number of benzene rings is 3. The Balaban J connectivity index is 1.62. The molecule has 3 aromatic carbocycles. The van der Waals surface area contributed by atoms with Gasteiger partial charge in [-0.05, 0) is 53.6 Å². The number of hydrogen-bond donors (Lipinski definition) is 3. The number of carbonyl (C=O) groups is 4. The van der Waals surface area contributed by atoms with Crippen LogP contribution in [0.4, 0.5) is 0 Å². The van der Waals surface area contributed by atoms with Crippen LogP contribution < -0.4 is 0 Å². The molecular weight excluding hydrogens is 530 g/mol. The van der Waals surface area contributed by atoms with Crippen LogP contribution in [0.1, 0.15) is 24.5 Å². The number of ether oxygens (including phenoxy) is 2. The van der Waals surface area contributed by atoms with Crippen molar-refractivity contribution in [1.29, 1.82) is 0 Å². The summed E-state index contributed by atoms with van der Waals surface area (Å²) in [5.41, 5.74) is 2.00. The van der Waals surface area contributed by atoms with Crippen molar-refractivity contribution in [1.82, 2.24) is 4.90 Å². The standard InChI is InChI=1S/C31H31NO9/c1-20(32(18-27(33)34)28(35)26-19-40-31(41-26,29(36)37)30(38)39)23(14-11-21-7-3-2-4-8-21)15-12-22-13-16-24-9-5-6-10-25(24)17-22/h2-10,12-13,15-17,20,23,26H,11,14,18-19H2,1H3,(H,33,34)(H,36,37)(H,38,39)/b15-12+. The maximum atomic E-state index is 13.5. The summed E-state index contributed by atoms with van der Waals surface area (Å²) < 4.78 is 10.0. The summed E-state index contributed by atoms with van der Waals surface area (Å²) in [5, 5.41) is 30.5. The molecule has 1 amide bonds. The molecule has 3 unspecified atom stereocenters. The Hall–Kier alpha value is -4.54. The summed E-state index contributed by atoms with van der Waals surface area (Å²) in [4.78, 5) is 49.6. The highest BCUT2D eigenvalue weighted by Gasteiger charge is 2.58. The number of carbonyl (C=O) groups excluding carboxylic acids is 1. The maximum absolute atomic E-state index is 13.5. The number of hydrogen-bond acceptors (Lipinski definition) is 6. The zero-order valence-corrected chi connectivity index (χ0v) is 22.4. The van der Waals surface area contributed by atoms with Crippen LogP contribution in [0.2, 0.25) is 0 Å². The van der Waals surface area contributed by atoms with Gasteiger partial charge in [-0.15, -0.1) is 0 Å². The third kappa shape index (κ3) is 6.79. The van der Waals surface area contributed by atoms with Gasteiger partial charge in [0, 0.05) is 6.04 Å². The minimum atomic E-state index is -3.04. The molecule has 0 spiro atoms. The summed E-state index contributed by atoms with van der Waals surface area (Å²) in [5.74, 6) is -9.35. The molecule has 0 radical (unpaired) electrons. The van der Waals surface area contributed by atoms with Gasteiger partial charge in [0.05, 0.1) is 6.61 Å². The Morgan fingerprint density at radius 1 is 0.951 bits per heavy atom. The highest BCUT2D eigenvalue weighted by atomic mass is 16.8. The molecule has 214 valence electrons. The number of fused-ring (bicyclic) bond motifs is 1. The quantitative estimate of drug-likeness (QED) is 0.281. The zero-order chi connectivity index (χ0) is 29.6. The third-order valence-electron chi connectivity index (χ3n) is 7.20. The summed E-state index contributed by atoms with van der Waals surface area (Å²) in [7, 11) is 0. The topological polar surface area (TPSA) is 151 Å². The molecule has 3 N–H and O–H groups in total. The van der Waals surface area contributed by atoms with E-state index in [1.165, 1.54) is 0 Å². The van der Waals surface area contributed by atoms with Crippen LogP contribution in [0.25, 0.3) is 16.8 Å². The van der Waals surface area contributed by atoms with Gasteiger partial charge in [0.15, 0.2) is 6.10 Å². The van der Waals surface area contributed by atoms with Crippen molar-refractivity contribution in [3.63, 3.8) is 0 Å². The Morgan fingerprint density at radius 3 is 2.24 bits per heavy atom. The molecule has 0 aliphatic carbocycles. The summed E-state index contributed by atoms with van der Waals surface area (Å²) in [6.45, 7) is 0.360. The highest BCUT2D eigenvalue weighted by Crippen LogP contribution is 2.28. The number of amides is 1. The van der Waals surface area contributed by atoms with Crippen LogP contribution in [0.3, 0.4) is 0 Å². The molecule has 1 heterocycles. The average Bonchev–Trinajstić information content (AvgIpc) is 3.43. The van der Waals surface area contributed by atoms with E-state index in [0.717, 1.165) is 26.8 Å². The van der Waals surface area contributed by atoms with Gasteiger partial charge < -0.3 is 29.7 Å². The molecule has 1 aliphatic heterocycles. The summed E-state index contributed by atoms with van der Waals surface area (Å²) >= 11 is 0. The first-order chi connectivity index (χ1) is 19.6. The van der Waals surface area contributed by atoms with Crippen molar-refractivity contribution in [3.8, 4) is 0 Å². The number of aliphatic carboxylic acids is 3. The van der Waals surface area contributed by atoms with Crippen molar-refractivity contribution in [2.75, 3.05) is 13.2 Å². The minimum absolute atomic E-state index is 0.323. The number of carboxylic acid groups (broad SMARTS) is 3. The van der Waals surface area contributed by atoms with Crippen molar-refractivity contribution in [2.24, 2.45) is 5.92 Å². The van der Waals surface area contributed by atoms with Gasteiger partial charge in [0.25, 0.3) is 5.91 Å². The van der Waals surface area contributed by atoms with E-state index in [1.807, 2.05) is 84.9 Å². The number of carboxylic acids is 3. The van der Waals surface area contributed by atoms with Gasteiger partial charge in [0.1, 0.15) is 6.54 Å². The Labute approximate surface area is 236 Å². The van der Waals surface area contributed by atoms with E-state index in [1.54, 1.807) is 6.92 Å². The van der Waals surface area contributed by atoms with Crippen LogP contribution in [0, 0.1) is 5.92 Å². The van der Waals surface area contributed by atoms with E-state index in [2.05, 4.69) is 0 Å². The first-order valence-electron chi connectivity index (χ1n) is 13.1. The third-order valence-corrected chi connectivity index (χ3v) is 7.20. The lowest BCUT2D eigenvalue weighted by Gasteiger charge is -2.34. The number of rotatable bonds is 12.